The van der Waals surface area contributed by atoms with E-state index in [-0.39, 0.29) is 6.10 Å². The molecular weight excluding hydrogens is 132 g/mol. The van der Waals surface area contributed by atoms with Gasteiger partial charge >= 0.3 is 0 Å². The van der Waals surface area contributed by atoms with Gasteiger partial charge in [-0.05, 0) is 13.8 Å². The molecule has 0 spiro atoms. The van der Waals surface area contributed by atoms with Crippen molar-refractivity contribution >= 4 is 5.91 Å². The van der Waals surface area contributed by atoms with E-state index in [2.05, 4.69) is 0 Å². The zero-order valence-corrected chi connectivity index (χ0v) is 6.33. The van der Waals surface area contributed by atoms with Gasteiger partial charge in [-0.1, -0.05) is 0 Å². The Morgan fingerprint density at radius 3 is 2.40 bits per heavy atom. The fourth-order valence-corrected chi connectivity index (χ4v) is 0.471. The van der Waals surface area contributed by atoms with Gasteiger partial charge in [0.25, 0.3) is 0 Å². The van der Waals surface area contributed by atoms with Crippen LogP contribution in [0.3, 0.4) is 0 Å². The topological polar surface area (TPSA) is 78.3 Å². The van der Waals surface area contributed by atoms with Crippen molar-refractivity contribution in [3.63, 3.8) is 0 Å². The maximum atomic E-state index is 10.4. The van der Waals surface area contributed by atoms with E-state index in [1.165, 1.54) is 0 Å². The van der Waals surface area contributed by atoms with E-state index in [0.29, 0.717) is 6.54 Å². The SMILES string of the molecule is CC(CN)OC(C)C(N)=O. The first-order valence-electron chi connectivity index (χ1n) is 3.22. The largest absolute Gasteiger partial charge is 0.367 e. The van der Waals surface area contributed by atoms with Crippen LogP contribution < -0.4 is 11.5 Å². The van der Waals surface area contributed by atoms with Crippen LogP contribution in [0.1, 0.15) is 13.8 Å². The predicted octanol–water partition coefficient (Wildman–Crippen LogP) is -0.776. The van der Waals surface area contributed by atoms with E-state index >= 15 is 0 Å². The summed E-state index contributed by atoms with van der Waals surface area (Å²) < 4.78 is 5.06. The number of ether oxygens (including phenoxy) is 1. The Kier molecular flexibility index (Phi) is 3.99. The monoisotopic (exact) mass is 146 g/mol. The summed E-state index contributed by atoms with van der Waals surface area (Å²) in [6, 6.07) is 0. The second-order valence-electron chi connectivity index (χ2n) is 2.23. The van der Waals surface area contributed by atoms with Crippen LogP contribution in [0.15, 0.2) is 0 Å². The second-order valence-corrected chi connectivity index (χ2v) is 2.23. The molecule has 0 aliphatic carbocycles. The molecule has 0 aromatic carbocycles. The highest BCUT2D eigenvalue weighted by Crippen LogP contribution is 1.94. The molecule has 4 nitrogen and oxygen atoms in total. The molecule has 0 bridgehead atoms. The Labute approximate surface area is 60.5 Å². The van der Waals surface area contributed by atoms with Gasteiger partial charge in [-0.25, -0.2) is 0 Å². The highest BCUT2D eigenvalue weighted by Gasteiger charge is 2.11. The van der Waals surface area contributed by atoms with E-state index in [1.807, 2.05) is 0 Å². The molecule has 0 saturated carbocycles. The summed E-state index contributed by atoms with van der Waals surface area (Å²) in [5.41, 5.74) is 10.2. The van der Waals surface area contributed by atoms with Crippen LogP contribution in [-0.4, -0.2) is 24.7 Å². The summed E-state index contributed by atoms with van der Waals surface area (Å²) in [4.78, 5) is 10.4. The summed E-state index contributed by atoms with van der Waals surface area (Å²) in [6.45, 7) is 3.80. The number of amides is 1. The predicted molar refractivity (Wildman–Crippen MR) is 38.3 cm³/mol. The number of rotatable bonds is 4. The van der Waals surface area contributed by atoms with Crippen LogP contribution in [0.4, 0.5) is 0 Å². The van der Waals surface area contributed by atoms with Gasteiger partial charge in [0.1, 0.15) is 6.10 Å². The van der Waals surface area contributed by atoms with Crippen molar-refractivity contribution < 1.29 is 9.53 Å². The summed E-state index contributed by atoms with van der Waals surface area (Å²) in [5, 5.41) is 0. The van der Waals surface area contributed by atoms with E-state index in [1.54, 1.807) is 13.8 Å². The second kappa shape index (κ2) is 4.24. The third kappa shape index (κ3) is 3.42. The van der Waals surface area contributed by atoms with Crippen LogP contribution in [0.25, 0.3) is 0 Å². The lowest BCUT2D eigenvalue weighted by Crippen LogP contribution is -2.33. The van der Waals surface area contributed by atoms with E-state index < -0.39 is 12.0 Å². The van der Waals surface area contributed by atoms with E-state index in [4.69, 9.17) is 16.2 Å². The zero-order valence-electron chi connectivity index (χ0n) is 6.33. The van der Waals surface area contributed by atoms with Crippen LogP contribution >= 0.6 is 0 Å². The molecule has 4 heteroatoms. The molecule has 0 saturated heterocycles. The highest BCUT2D eigenvalue weighted by molar-refractivity contribution is 5.78. The van der Waals surface area contributed by atoms with Crippen molar-refractivity contribution in [3.05, 3.63) is 0 Å². The molecule has 10 heavy (non-hydrogen) atoms. The molecule has 0 aromatic heterocycles. The fraction of sp³-hybridized carbons (Fsp3) is 0.833. The quantitative estimate of drug-likeness (QED) is 0.546. The van der Waals surface area contributed by atoms with Crippen molar-refractivity contribution in [2.45, 2.75) is 26.1 Å². The first-order chi connectivity index (χ1) is 4.57. The molecule has 1 amide bonds. The molecule has 0 aliphatic heterocycles. The normalized spacial score (nSPS) is 16.3. The molecule has 0 aliphatic rings. The van der Waals surface area contributed by atoms with Crippen molar-refractivity contribution in [1.29, 1.82) is 0 Å². The van der Waals surface area contributed by atoms with Gasteiger partial charge in [0.05, 0.1) is 6.10 Å². The molecule has 2 unspecified atom stereocenters. The maximum Gasteiger partial charge on any atom is 0.246 e. The molecule has 0 rings (SSSR count). The van der Waals surface area contributed by atoms with Gasteiger partial charge in [-0.15, -0.1) is 0 Å². The number of carbonyl (C=O) groups excluding carboxylic acids is 1. The fourth-order valence-electron chi connectivity index (χ4n) is 0.471. The summed E-state index contributed by atoms with van der Waals surface area (Å²) in [6.07, 6.45) is -0.652. The molecule has 4 N–H and O–H groups in total. The van der Waals surface area contributed by atoms with Crippen molar-refractivity contribution in [1.82, 2.24) is 0 Å². The molecule has 0 aromatic rings. The minimum absolute atomic E-state index is 0.109. The molecule has 0 radical (unpaired) electrons. The van der Waals surface area contributed by atoms with Crippen LogP contribution in [0.5, 0.6) is 0 Å². The molecule has 60 valence electrons. The standard InChI is InChI=1S/C6H14N2O2/c1-4(3-7)10-5(2)6(8)9/h4-5H,3,7H2,1-2H3,(H2,8,9). The third-order valence-electron chi connectivity index (χ3n) is 1.17. The zero-order chi connectivity index (χ0) is 8.15. The van der Waals surface area contributed by atoms with E-state index in [9.17, 15) is 4.79 Å². The van der Waals surface area contributed by atoms with Gasteiger partial charge in [0.15, 0.2) is 0 Å². The number of hydrogen-bond donors (Lipinski definition) is 2. The Bertz CT molecular complexity index is 116. The lowest BCUT2D eigenvalue weighted by Gasteiger charge is -2.14. The Morgan fingerprint density at radius 2 is 2.10 bits per heavy atom. The van der Waals surface area contributed by atoms with Gasteiger partial charge < -0.3 is 16.2 Å². The Balaban J connectivity index is 3.56. The lowest BCUT2D eigenvalue weighted by atomic mass is 10.3. The number of hydrogen-bond acceptors (Lipinski definition) is 3. The minimum atomic E-state index is -0.543. The third-order valence-corrected chi connectivity index (χ3v) is 1.17. The van der Waals surface area contributed by atoms with Gasteiger partial charge in [0.2, 0.25) is 5.91 Å². The number of nitrogens with two attached hydrogens (primary N) is 2. The molecule has 0 fully saturated rings. The van der Waals surface area contributed by atoms with Crippen LogP contribution in [-0.2, 0) is 9.53 Å². The first-order valence-corrected chi connectivity index (χ1v) is 3.22. The molecule has 0 heterocycles. The van der Waals surface area contributed by atoms with E-state index in [0.717, 1.165) is 0 Å². The Morgan fingerprint density at radius 1 is 1.60 bits per heavy atom. The Hall–Kier alpha value is -0.610. The number of primary amides is 1. The minimum Gasteiger partial charge on any atom is -0.367 e. The summed E-state index contributed by atoms with van der Waals surface area (Å²) >= 11 is 0. The van der Waals surface area contributed by atoms with Crippen LogP contribution in [0.2, 0.25) is 0 Å². The first kappa shape index (κ1) is 9.39. The average molecular weight is 146 g/mol. The van der Waals surface area contributed by atoms with Gasteiger partial charge in [-0.3, -0.25) is 4.79 Å². The summed E-state index contributed by atoms with van der Waals surface area (Å²) in [7, 11) is 0. The molecule has 2 atom stereocenters. The van der Waals surface area contributed by atoms with Crippen molar-refractivity contribution in [3.8, 4) is 0 Å². The van der Waals surface area contributed by atoms with Crippen molar-refractivity contribution in [2.75, 3.05) is 6.54 Å². The molecular formula is C6H14N2O2. The van der Waals surface area contributed by atoms with Gasteiger partial charge in [0, 0.05) is 6.54 Å². The van der Waals surface area contributed by atoms with Crippen molar-refractivity contribution in [2.24, 2.45) is 11.5 Å². The smallest absolute Gasteiger partial charge is 0.246 e. The van der Waals surface area contributed by atoms with Gasteiger partial charge in [-0.2, -0.15) is 0 Å². The maximum absolute atomic E-state index is 10.4. The number of carbonyl (C=O) groups is 1. The summed E-state index contributed by atoms with van der Waals surface area (Å²) in [5.74, 6) is -0.458. The average Bonchev–Trinajstić information content (AvgIpc) is 1.87. The highest BCUT2D eigenvalue weighted by atomic mass is 16.5. The lowest BCUT2D eigenvalue weighted by molar-refractivity contribution is -0.131. The van der Waals surface area contributed by atoms with Crippen LogP contribution in [0, 0.1) is 0 Å².